The van der Waals surface area contributed by atoms with Gasteiger partial charge in [0.05, 0.1) is 0 Å². The number of carbonyl (C=O) groups is 1. The van der Waals surface area contributed by atoms with Gasteiger partial charge in [-0.2, -0.15) is 0 Å². The zero-order valence-corrected chi connectivity index (χ0v) is 25.4. The molecule has 0 unspecified atom stereocenters. The van der Waals surface area contributed by atoms with Crippen molar-refractivity contribution in [2.45, 2.75) is 92.4 Å². The van der Waals surface area contributed by atoms with Crippen molar-refractivity contribution in [2.24, 2.45) is 0 Å². The molecule has 5 nitrogen and oxygen atoms in total. The summed E-state index contributed by atoms with van der Waals surface area (Å²) in [6.45, 7) is 18.9. The van der Waals surface area contributed by atoms with Gasteiger partial charge in [-0.05, 0) is 99.1 Å². The SMILES string of the molecule is CCCCN(CCCC)CCc1c(C(C)C)[nH]c2ccc(NC(=O)c3ccc(N(CCC)CCC)cc3)cc12. The lowest BCUT2D eigenvalue weighted by Gasteiger charge is -2.23. The van der Waals surface area contributed by atoms with Crippen molar-refractivity contribution < 1.29 is 4.79 Å². The number of unbranched alkanes of at least 4 members (excludes halogenated alkanes) is 2. The summed E-state index contributed by atoms with van der Waals surface area (Å²) >= 11 is 0. The fourth-order valence-corrected chi connectivity index (χ4v) is 5.41. The van der Waals surface area contributed by atoms with E-state index in [0.717, 1.165) is 50.1 Å². The molecule has 0 saturated carbocycles. The summed E-state index contributed by atoms with van der Waals surface area (Å²) in [4.78, 5) is 21.9. The van der Waals surface area contributed by atoms with Crippen LogP contribution in [0.3, 0.4) is 0 Å². The fourth-order valence-electron chi connectivity index (χ4n) is 5.41. The van der Waals surface area contributed by atoms with Crippen LogP contribution in [0, 0.1) is 0 Å². The van der Waals surface area contributed by atoms with Gasteiger partial charge in [0.15, 0.2) is 0 Å². The van der Waals surface area contributed by atoms with Gasteiger partial charge in [0, 0.05) is 53.2 Å². The second-order valence-corrected chi connectivity index (χ2v) is 11.2. The fraction of sp³-hybridized carbons (Fsp3) is 0.559. The molecule has 0 aliphatic heterocycles. The average molecular weight is 533 g/mol. The smallest absolute Gasteiger partial charge is 0.255 e. The normalized spacial score (nSPS) is 11.6. The molecule has 0 saturated heterocycles. The lowest BCUT2D eigenvalue weighted by molar-refractivity contribution is 0.102. The highest BCUT2D eigenvalue weighted by Gasteiger charge is 2.17. The molecule has 1 heterocycles. The van der Waals surface area contributed by atoms with Crippen molar-refractivity contribution in [3.05, 3.63) is 59.3 Å². The number of rotatable bonds is 17. The van der Waals surface area contributed by atoms with E-state index >= 15 is 0 Å². The molecular formula is C34H52N4O. The van der Waals surface area contributed by atoms with Gasteiger partial charge in [-0.15, -0.1) is 0 Å². The number of anilines is 2. The van der Waals surface area contributed by atoms with Crippen molar-refractivity contribution in [1.29, 1.82) is 0 Å². The molecule has 0 bridgehead atoms. The largest absolute Gasteiger partial charge is 0.372 e. The zero-order valence-electron chi connectivity index (χ0n) is 25.4. The minimum Gasteiger partial charge on any atom is -0.372 e. The monoisotopic (exact) mass is 532 g/mol. The number of H-pyrrole nitrogens is 1. The van der Waals surface area contributed by atoms with Crippen LogP contribution in [0.2, 0.25) is 0 Å². The summed E-state index contributed by atoms with van der Waals surface area (Å²) in [6, 6.07) is 14.3. The predicted molar refractivity (Wildman–Crippen MR) is 170 cm³/mol. The number of fused-ring (bicyclic) bond motifs is 1. The van der Waals surface area contributed by atoms with Gasteiger partial charge in [-0.1, -0.05) is 54.4 Å². The number of nitrogens with one attached hydrogen (secondary N) is 2. The van der Waals surface area contributed by atoms with Crippen LogP contribution in [0.5, 0.6) is 0 Å². The number of amides is 1. The maximum absolute atomic E-state index is 13.2. The van der Waals surface area contributed by atoms with E-state index in [1.165, 1.54) is 61.1 Å². The Labute approximate surface area is 237 Å². The first-order valence-corrected chi connectivity index (χ1v) is 15.4. The Morgan fingerprint density at radius 2 is 1.46 bits per heavy atom. The molecule has 2 N–H and O–H groups in total. The Hall–Kier alpha value is -2.79. The van der Waals surface area contributed by atoms with Crippen molar-refractivity contribution in [3.8, 4) is 0 Å². The van der Waals surface area contributed by atoms with E-state index in [0.29, 0.717) is 11.5 Å². The van der Waals surface area contributed by atoms with Crippen molar-refractivity contribution in [2.75, 3.05) is 42.9 Å². The lowest BCUT2D eigenvalue weighted by atomic mass is 10.00. The van der Waals surface area contributed by atoms with Gasteiger partial charge in [0.2, 0.25) is 0 Å². The molecule has 214 valence electrons. The molecule has 1 amide bonds. The molecule has 0 fully saturated rings. The summed E-state index contributed by atoms with van der Waals surface area (Å²) in [5, 5.41) is 4.39. The van der Waals surface area contributed by atoms with Gasteiger partial charge >= 0.3 is 0 Å². The summed E-state index contributed by atoms with van der Waals surface area (Å²) in [5.74, 6) is 0.355. The molecule has 3 aromatic rings. The Morgan fingerprint density at radius 3 is 2.03 bits per heavy atom. The molecule has 0 aliphatic carbocycles. The molecule has 1 aromatic heterocycles. The highest BCUT2D eigenvalue weighted by Crippen LogP contribution is 2.31. The number of hydrogen-bond acceptors (Lipinski definition) is 3. The Bertz CT molecular complexity index is 1130. The molecule has 2 aromatic carbocycles. The van der Waals surface area contributed by atoms with Crippen LogP contribution < -0.4 is 10.2 Å². The van der Waals surface area contributed by atoms with Crippen molar-refractivity contribution >= 4 is 28.2 Å². The first kappa shape index (κ1) is 30.7. The van der Waals surface area contributed by atoms with E-state index in [9.17, 15) is 4.79 Å². The highest BCUT2D eigenvalue weighted by molar-refractivity contribution is 6.05. The van der Waals surface area contributed by atoms with Crippen LogP contribution >= 0.6 is 0 Å². The van der Waals surface area contributed by atoms with Gasteiger partial charge in [0.1, 0.15) is 0 Å². The zero-order chi connectivity index (χ0) is 28.2. The van der Waals surface area contributed by atoms with Crippen molar-refractivity contribution in [1.82, 2.24) is 9.88 Å². The van der Waals surface area contributed by atoms with Crippen LogP contribution in [-0.2, 0) is 6.42 Å². The van der Waals surface area contributed by atoms with Crippen LogP contribution in [0.25, 0.3) is 10.9 Å². The molecule has 5 heteroatoms. The summed E-state index contributed by atoms with van der Waals surface area (Å²) in [7, 11) is 0. The minimum atomic E-state index is -0.0649. The number of carbonyl (C=O) groups excluding carboxylic acids is 1. The molecule has 39 heavy (non-hydrogen) atoms. The molecule has 0 aliphatic rings. The van der Waals surface area contributed by atoms with Gasteiger partial charge < -0.3 is 20.1 Å². The highest BCUT2D eigenvalue weighted by atomic mass is 16.1. The van der Waals surface area contributed by atoms with E-state index in [2.05, 4.69) is 85.9 Å². The maximum atomic E-state index is 13.2. The lowest BCUT2D eigenvalue weighted by Crippen LogP contribution is -2.28. The van der Waals surface area contributed by atoms with Gasteiger partial charge in [-0.25, -0.2) is 0 Å². The van der Waals surface area contributed by atoms with Crippen LogP contribution in [-0.4, -0.2) is 48.5 Å². The number of aromatic nitrogens is 1. The van der Waals surface area contributed by atoms with Crippen molar-refractivity contribution in [3.63, 3.8) is 0 Å². The Balaban J connectivity index is 1.79. The third-order valence-corrected chi connectivity index (χ3v) is 7.59. The topological polar surface area (TPSA) is 51.4 Å². The Kier molecular flexibility index (Phi) is 12.4. The summed E-state index contributed by atoms with van der Waals surface area (Å²) < 4.78 is 0. The van der Waals surface area contributed by atoms with Crippen LogP contribution in [0.4, 0.5) is 11.4 Å². The van der Waals surface area contributed by atoms with E-state index in [1.54, 1.807) is 0 Å². The molecule has 0 atom stereocenters. The number of hydrogen-bond donors (Lipinski definition) is 2. The van der Waals surface area contributed by atoms with E-state index < -0.39 is 0 Å². The number of benzene rings is 2. The Morgan fingerprint density at radius 1 is 0.821 bits per heavy atom. The third kappa shape index (κ3) is 8.60. The second-order valence-electron chi connectivity index (χ2n) is 11.2. The minimum absolute atomic E-state index is 0.0649. The third-order valence-electron chi connectivity index (χ3n) is 7.59. The van der Waals surface area contributed by atoms with E-state index in [-0.39, 0.29) is 5.91 Å². The van der Waals surface area contributed by atoms with Crippen LogP contribution in [0.15, 0.2) is 42.5 Å². The van der Waals surface area contributed by atoms with Crippen LogP contribution in [0.1, 0.15) is 108 Å². The van der Waals surface area contributed by atoms with Gasteiger partial charge in [-0.3, -0.25) is 4.79 Å². The van der Waals surface area contributed by atoms with E-state index in [4.69, 9.17) is 0 Å². The summed E-state index contributed by atoms with van der Waals surface area (Å²) in [5.41, 5.74) is 6.58. The molecule has 3 rings (SSSR count). The predicted octanol–water partition coefficient (Wildman–Crippen LogP) is 8.61. The first-order valence-electron chi connectivity index (χ1n) is 15.4. The average Bonchev–Trinajstić information content (AvgIpc) is 3.30. The molecule has 0 spiro atoms. The molecular weight excluding hydrogens is 480 g/mol. The standard InChI is InChI=1S/C34H52N4O/c1-7-11-22-37(23-12-8-2)24-19-30-31-25-28(15-18-32(31)36-33(30)26(5)6)35-34(39)27-13-16-29(17-14-27)38(20-9-3)21-10-4/h13-18,25-26,36H,7-12,19-24H2,1-6H3,(H,35,39). The number of aromatic amines is 1. The first-order chi connectivity index (χ1) is 18.9. The molecule has 0 radical (unpaired) electrons. The second kappa shape index (κ2) is 15.7. The quantitative estimate of drug-likeness (QED) is 0.183. The maximum Gasteiger partial charge on any atom is 0.255 e. The van der Waals surface area contributed by atoms with E-state index in [1.807, 2.05) is 18.2 Å². The number of nitrogens with zero attached hydrogens (tertiary/aromatic N) is 2. The summed E-state index contributed by atoms with van der Waals surface area (Å²) in [6.07, 6.45) is 8.20. The van der Waals surface area contributed by atoms with Gasteiger partial charge in [0.25, 0.3) is 5.91 Å².